The van der Waals surface area contributed by atoms with Gasteiger partial charge in [0.05, 0.1) is 33.5 Å². The van der Waals surface area contributed by atoms with Gasteiger partial charge in [0.15, 0.2) is 6.10 Å². The molecular formula is C52H69N5O9S. The van der Waals surface area contributed by atoms with Gasteiger partial charge in [-0.1, -0.05) is 25.5 Å². The Morgan fingerprint density at radius 3 is 2.48 bits per heavy atom. The maximum Gasteiger partial charge on any atom is 0.344 e. The zero-order valence-corrected chi connectivity index (χ0v) is 40.9. The molecule has 0 radical (unpaired) electrons. The summed E-state index contributed by atoms with van der Waals surface area (Å²) in [5.41, 5.74) is -0.624. The fourth-order valence-electron chi connectivity index (χ4n) is 14.8. The van der Waals surface area contributed by atoms with E-state index < -0.39 is 58.0 Å². The number of esters is 3. The molecule has 3 N–H and O–H groups in total. The van der Waals surface area contributed by atoms with Gasteiger partial charge in [0.25, 0.3) is 0 Å². The predicted molar refractivity (Wildman–Crippen MR) is 257 cm³/mol. The van der Waals surface area contributed by atoms with E-state index in [4.69, 9.17) is 18.9 Å². The lowest BCUT2D eigenvalue weighted by Crippen LogP contribution is -2.81. The molecule has 1 saturated carbocycles. The maximum absolute atomic E-state index is 15.5. The van der Waals surface area contributed by atoms with Crippen molar-refractivity contribution in [3.63, 3.8) is 0 Å². The second-order valence-electron chi connectivity index (χ2n) is 20.6. The van der Waals surface area contributed by atoms with Crippen molar-refractivity contribution in [3.05, 3.63) is 64.9 Å². The molecule has 1 aromatic heterocycles. The summed E-state index contributed by atoms with van der Waals surface area (Å²) >= 11 is 1.88. The van der Waals surface area contributed by atoms with Gasteiger partial charge >= 0.3 is 17.9 Å². The molecule has 2 bridgehead atoms. The van der Waals surface area contributed by atoms with Crippen LogP contribution >= 0.6 is 11.8 Å². The Labute approximate surface area is 398 Å². The molecule has 1 spiro atoms. The average molecular weight is 940 g/mol. The van der Waals surface area contributed by atoms with Gasteiger partial charge in [-0.2, -0.15) is 0 Å². The minimum Gasteiger partial charge on any atom is -0.496 e. The van der Waals surface area contributed by atoms with Crippen molar-refractivity contribution in [1.82, 2.24) is 19.7 Å². The average Bonchev–Trinajstić information content (AvgIpc) is 3.99. The summed E-state index contributed by atoms with van der Waals surface area (Å²) in [7, 11) is 6.21. The molecule has 0 amide bonds. The van der Waals surface area contributed by atoms with E-state index in [1.165, 1.54) is 58.4 Å². The number of hydrogen-bond donors (Lipinski definition) is 3. The minimum absolute atomic E-state index is 0.0837. The fraction of sp³-hybridized carbons (Fsp3) is 0.635. The Balaban J connectivity index is 1.18. The Bertz CT molecular complexity index is 2460. The van der Waals surface area contributed by atoms with Gasteiger partial charge in [0.1, 0.15) is 11.2 Å². The molecule has 362 valence electrons. The maximum atomic E-state index is 15.5. The highest BCUT2D eigenvalue weighted by molar-refractivity contribution is 7.99. The number of aliphatic hydroxyl groups is 2. The van der Waals surface area contributed by atoms with Crippen LogP contribution in [0.3, 0.4) is 0 Å². The molecule has 6 aliphatic heterocycles. The molecular weight excluding hydrogens is 871 g/mol. The number of nitrogens with one attached hydrogen (secondary N) is 1. The Morgan fingerprint density at radius 2 is 1.75 bits per heavy atom. The number of H-pyrrole nitrogens is 1. The molecule has 4 fully saturated rings. The van der Waals surface area contributed by atoms with Crippen LogP contribution in [0.15, 0.2) is 47.4 Å². The number of anilines is 1. The van der Waals surface area contributed by atoms with Crippen LogP contribution in [0.25, 0.3) is 10.9 Å². The van der Waals surface area contributed by atoms with Crippen LogP contribution in [0, 0.1) is 11.3 Å². The number of piperidine rings is 2. The van der Waals surface area contributed by atoms with E-state index in [0.29, 0.717) is 76.1 Å². The quantitative estimate of drug-likeness (QED) is 0.0760. The Kier molecular flexibility index (Phi) is 12.3. The highest BCUT2D eigenvalue weighted by Gasteiger charge is 2.80. The van der Waals surface area contributed by atoms with Crippen molar-refractivity contribution in [1.29, 1.82) is 0 Å². The molecule has 3 saturated heterocycles. The molecule has 67 heavy (non-hydrogen) atoms. The van der Waals surface area contributed by atoms with E-state index in [-0.39, 0.29) is 12.0 Å². The van der Waals surface area contributed by atoms with Gasteiger partial charge in [-0.15, -0.1) is 11.8 Å². The first-order valence-electron chi connectivity index (χ1n) is 24.6. The second kappa shape index (κ2) is 17.7. The van der Waals surface area contributed by atoms with E-state index in [0.717, 1.165) is 52.1 Å². The summed E-state index contributed by atoms with van der Waals surface area (Å²) in [6, 6.07) is 9.47. The number of hydrogen-bond acceptors (Lipinski definition) is 14. The van der Waals surface area contributed by atoms with Gasteiger partial charge in [-0.05, 0) is 125 Å². The lowest BCUT2D eigenvalue weighted by atomic mass is 9.47. The third kappa shape index (κ3) is 7.01. The van der Waals surface area contributed by atoms with Crippen LogP contribution in [0.1, 0.15) is 87.6 Å². The molecule has 1 aliphatic carbocycles. The number of benzene rings is 2. The summed E-state index contributed by atoms with van der Waals surface area (Å²) < 4.78 is 24.2. The van der Waals surface area contributed by atoms with E-state index in [1.54, 1.807) is 7.11 Å². The van der Waals surface area contributed by atoms with Gasteiger partial charge in [-0.25, -0.2) is 4.79 Å². The first kappa shape index (κ1) is 46.6. The molecule has 1 unspecified atom stereocenters. The standard InChI is InChI=1S/C52H69N5O9S/c1-7-49-16-11-21-57-23-17-50(44(49)57)38-27-39(42(63-4)28-41(38)54(3)45(50)52(62,48(61)65-6)46(49)66-32(2)58)51(47(60)64-5)29-33-25-34(59)31-56(30-33)22-15-36-37-26-35(13-14-40(37)53-43(36)51)67-24-12-20-55-18-9-8-10-19-55/h11,13-14,16,26-28,33-34,44-46,53,59,62H,7-10,12,15,17-25,29-31H2,1-6H3/t33-,34+,44+,45-,46-,49-,50-,51+,52+/m1/s1. The van der Waals surface area contributed by atoms with Gasteiger partial charge in [0.2, 0.25) is 5.60 Å². The van der Waals surface area contributed by atoms with Crippen LogP contribution < -0.4 is 9.64 Å². The van der Waals surface area contributed by atoms with Crippen molar-refractivity contribution < 1.29 is 43.5 Å². The number of carbonyl (C=O) groups is 3. The van der Waals surface area contributed by atoms with E-state index >= 15 is 4.79 Å². The van der Waals surface area contributed by atoms with Crippen molar-refractivity contribution in [2.24, 2.45) is 11.3 Å². The third-order valence-electron chi connectivity index (χ3n) is 17.2. The number of methoxy groups -OCH3 is 3. The zero-order valence-electron chi connectivity index (χ0n) is 40.1. The predicted octanol–water partition coefficient (Wildman–Crippen LogP) is 5.18. The molecule has 14 nitrogen and oxygen atoms in total. The summed E-state index contributed by atoms with van der Waals surface area (Å²) in [5.74, 6) is -0.509. The number of likely N-dealkylation sites (tertiary alicyclic amines) is 1. The lowest BCUT2D eigenvalue weighted by molar-refractivity contribution is -0.228. The zero-order chi connectivity index (χ0) is 47.0. The SMILES string of the molecule is CC[C@]12C=CCN3CC[C@@]4(c5cc([C@@]6(C(=O)OC)C[C@H]7C[C@H](O)CN(CCc8c6[nH]c6ccc(SCCCN9CCCCC9)cc86)C7)c(OC)cc5N(C)[C@H]4[C@@](O)(C(=O)OC)[C@@H]1OC(C)=O)[C@@H]32. The van der Waals surface area contributed by atoms with Crippen molar-refractivity contribution in [2.75, 3.05) is 91.4 Å². The monoisotopic (exact) mass is 939 g/mol. The molecule has 7 aliphatic rings. The highest BCUT2D eigenvalue weighted by Crippen LogP contribution is 2.68. The fourth-order valence-corrected chi connectivity index (χ4v) is 15.7. The molecule has 10 atom stereocenters. The van der Waals surface area contributed by atoms with Crippen molar-refractivity contribution in [3.8, 4) is 5.75 Å². The second-order valence-corrected chi connectivity index (χ2v) is 21.8. The first-order chi connectivity index (χ1) is 32.3. The van der Waals surface area contributed by atoms with Crippen LogP contribution in [0.5, 0.6) is 5.75 Å². The highest BCUT2D eigenvalue weighted by atomic mass is 32.2. The van der Waals surface area contributed by atoms with Crippen molar-refractivity contribution in [2.45, 2.75) is 117 Å². The molecule has 15 heteroatoms. The normalized spacial score (nSPS) is 34.5. The number of aliphatic hydroxyl groups excluding tert-OH is 1. The van der Waals surface area contributed by atoms with E-state index in [2.05, 4.69) is 56.1 Å². The number of carbonyl (C=O) groups excluding carboxylic acids is 3. The molecule has 2 aromatic carbocycles. The first-order valence-corrected chi connectivity index (χ1v) is 25.6. The van der Waals surface area contributed by atoms with Crippen molar-refractivity contribution >= 4 is 46.3 Å². The van der Waals surface area contributed by atoms with Crippen LogP contribution in [-0.2, 0) is 45.8 Å². The van der Waals surface area contributed by atoms with Crippen LogP contribution in [-0.4, -0.2) is 164 Å². The number of aromatic nitrogens is 1. The molecule has 3 aromatic rings. The van der Waals surface area contributed by atoms with E-state index in [9.17, 15) is 19.8 Å². The Hall–Kier alpha value is -4.12. The summed E-state index contributed by atoms with van der Waals surface area (Å²) in [6.07, 6.45) is 9.87. The minimum atomic E-state index is -2.31. The number of thioether (sulfide) groups is 1. The number of aromatic amines is 1. The van der Waals surface area contributed by atoms with Crippen LogP contribution in [0.4, 0.5) is 5.69 Å². The third-order valence-corrected chi connectivity index (χ3v) is 18.3. The smallest absolute Gasteiger partial charge is 0.344 e. The Morgan fingerprint density at radius 1 is 0.955 bits per heavy atom. The number of likely N-dealkylation sites (N-methyl/N-ethyl adjacent to an activating group) is 1. The number of ether oxygens (including phenoxy) is 4. The number of nitrogens with zero attached hydrogens (tertiary/aromatic N) is 4. The van der Waals surface area contributed by atoms with Gasteiger partial charge < -0.3 is 48.8 Å². The van der Waals surface area contributed by atoms with Crippen LogP contribution in [0.2, 0.25) is 0 Å². The number of rotatable bonds is 11. The number of fused-ring (bicyclic) bond motifs is 6. The van der Waals surface area contributed by atoms with E-state index in [1.807, 2.05) is 36.7 Å². The van der Waals surface area contributed by atoms with Gasteiger partial charge in [0, 0.05) is 95.8 Å². The topological polar surface area (TPSA) is 157 Å². The molecule has 7 heterocycles. The summed E-state index contributed by atoms with van der Waals surface area (Å²) in [5, 5.41) is 25.9. The summed E-state index contributed by atoms with van der Waals surface area (Å²) in [4.78, 5) is 57.5. The largest absolute Gasteiger partial charge is 0.496 e. The molecule has 10 rings (SSSR count). The summed E-state index contributed by atoms with van der Waals surface area (Å²) in [6.45, 7) is 10.1. The van der Waals surface area contributed by atoms with Gasteiger partial charge in [-0.3, -0.25) is 14.5 Å². The lowest BCUT2D eigenvalue weighted by Gasteiger charge is -2.63.